The maximum atomic E-state index is 4.67. The number of aromatic nitrogens is 2. The SMILES string of the molecule is CC(C)c1cccc2c1N(C)[C@@H](C)c1cn(C)nc1-2. The highest BCUT2D eigenvalue weighted by Crippen LogP contribution is 2.46. The van der Waals surface area contributed by atoms with Crippen molar-refractivity contribution in [2.75, 3.05) is 11.9 Å². The zero-order chi connectivity index (χ0) is 13.7. The number of fused-ring (bicyclic) bond motifs is 3. The molecule has 1 aliphatic rings. The fourth-order valence-electron chi connectivity index (χ4n) is 3.04. The summed E-state index contributed by atoms with van der Waals surface area (Å²) in [5, 5.41) is 4.67. The first-order valence-corrected chi connectivity index (χ1v) is 6.90. The van der Waals surface area contributed by atoms with Gasteiger partial charge in [-0.1, -0.05) is 32.0 Å². The van der Waals surface area contributed by atoms with Gasteiger partial charge in [-0.15, -0.1) is 0 Å². The lowest BCUT2D eigenvalue weighted by Gasteiger charge is -2.35. The molecule has 3 heteroatoms. The summed E-state index contributed by atoms with van der Waals surface area (Å²) >= 11 is 0. The lowest BCUT2D eigenvalue weighted by Crippen LogP contribution is -2.27. The summed E-state index contributed by atoms with van der Waals surface area (Å²) in [6, 6.07) is 6.95. The average Bonchev–Trinajstić information content (AvgIpc) is 2.77. The summed E-state index contributed by atoms with van der Waals surface area (Å²) in [4.78, 5) is 2.38. The Balaban J connectivity index is 2.32. The van der Waals surface area contributed by atoms with Gasteiger partial charge in [-0.25, -0.2) is 0 Å². The topological polar surface area (TPSA) is 21.1 Å². The lowest BCUT2D eigenvalue weighted by atomic mass is 9.89. The molecule has 0 saturated heterocycles. The molecule has 0 spiro atoms. The predicted octanol–water partition coefficient (Wildman–Crippen LogP) is 3.72. The van der Waals surface area contributed by atoms with E-state index in [-0.39, 0.29) is 0 Å². The molecule has 0 unspecified atom stereocenters. The fraction of sp³-hybridized carbons (Fsp3) is 0.438. The predicted molar refractivity (Wildman–Crippen MR) is 79.6 cm³/mol. The van der Waals surface area contributed by atoms with Gasteiger partial charge in [0.05, 0.1) is 11.7 Å². The Morgan fingerprint density at radius 2 is 1.95 bits per heavy atom. The second-order valence-electron chi connectivity index (χ2n) is 5.79. The maximum absolute atomic E-state index is 4.67. The molecule has 1 atom stereocenters. The standard InChI is InChI=1S/C16H21N3/c1-10(2)12-7-6-8-13-15-14(9-18(4)17-15)11(3)19(5)16(12)13/h6-11H,1-5H3/t11-/m0/s1. The van der Waals surface area contributed by atoms with Crippen LogP contribution >= 0.6 is 0 Å². The first-order valence-electron chi connectivity index (χ1n) is 6.90. The molecule has 0 N–H and O–H groups in total. The molecule has 2 aromatic rings. The van der Waals surface area contributed by atoms with Crippen molar-refractivity contribution in [2.24, 2.45) is 7.05 Å². The number of nitrogens with zero attached hydrogens (tertiary/aromatic N) is 3. The van der Waals surface area contributed by atoms with E-state index in [1.165, 1.54) is 22.4 Å². The van der Waals surface area contributed by atoms with E-state index in [0.717, 1.165) is 5.69 Å². The van der Waals surface area contributed by atoms with Gasteiger partial charge < -0.3 is 4.90 Å². The molecule has 100 valence electrons. The molecule has 3 nitrogen and oxygen atoms in total. The Morgan fingerprint density at radius 3 is 2.63 bits per heavy atom. The van der Waals surface area contributed by atoms with Crippen LogP contribution in [0.5, 0.6) is 0 Å². The van der Waals surface area contributed by atoms with E-state index in [2.05, 4.69) is 62.2 Å². The van der Waals surface area contributed by atoms with Gasteiger partial charge in [0.25, 0.3) is 0 Å². The van der Waals surface area contributed by atoms with Gasteiger partial charge >= 0.3 is 0 Å². The maximum Gasteiger partial charge on any atom is 0.0996 e. The van der Waals surface area contributed by atoms with Crippen LogP contribution in [0.3, 0.4) is 0 Å². The molecule has 3 rings (SSSR count). The number of benzene rings is 1. The monoisotopic (exact) mass is 255 g/mol. The molecule has 1 aromatic heterocycles. The van der Waals surface area contributed by atoms with Crippen LogP contribution in [0.25, 0.3) is 11.3 Å². The van der Waals surface area contributed by atoms with Crippen molar-refractivity contribution in [3.63, 3.8) is 0 Å². The number of rotatable bonds is 1. The Hall–Kier alpha value is -1.77. The van der Waals surface area contributed by atoms with Gasteiger partial charge in [0.2, 0.25) is 0 Å². The summed E-state index contributed by atoms with van der Waals surface area (Å²) < 4.78 is 1.92. The quantitative estimate of drug-likeness (QED) is 0.774. The normalized spacial score (nSPS) is 17.6. The summed E-state index contributed by atoms with van der Waals surface area (Å²) in [6.07, 6.45) is 2.14. The molecule has 2 heterocycles. The molecule has 0 fully saturated rings. The Bertz CT molecular complexity index is 625. The summed E-state index contributed by atoms with van der Waals surface area (Å²) in [6.45, 7) is 6.75. The molecule has 0 bridgehead atoms. The molecule has 0 radical (unpaired) electrons. The second-order valence-corrected chi connectivity index (χ2v) is 5.79. The van der Waals surface area contributed by atoms with Crippen molar-refractivity contribution in [2.45, 2.75) is 32.7 Å². The van der Waals surface area contributed by atoms with Crippen molar-refractivity contribution in [1.82, 2.24) is 9.78 Å². The number of para-hydroxylation sites is 1. The summed E-state index contributed by atoms with van der Waals surface area (Å²) in [7, 11) is 4.18. The average molecular weight is 255 g/mol. The van der Waals surface area contributed by atoms with Gasteiger partial charge in [-0.2, -0.15) is 5.10 Å². The third kappa shape index (κ3) is 1.68. The van der Waals surface area contributed by atoms with Crippen molar-refractivity contribution < 1.29 is 0 Å². The molecule has 0 amide bonds. The van der Waals surface area contributed by atoms with Crippen LogP contribution < -0.4 is 4.90 Å². The van der Waals surface area contributed by atoms with Gasteiger partial charge in [0.15, 0.2) is 0 Å². The highest BCUT2D eigenvalue weighted by atomic mass is 15.3. The zero-order valence-corrected chi connectivity index (χ0v) is 12.3. The molecule has 19 heavy (non-hydrogen) atoms. The molecule has 1 aromatic carbocycles. The highest BCUT2D eigenvalue weighted by molar-refractivity contribution is 5.84. The van der Waals surface area contributed by atoms with Crippen molar-refractivity contribution >= 4 is 5.69 Å². The third-order valence-corrected chi connectivity index (χ3v) is 4.19. The number of hydrogen-bond acceptors (Lipinski definition) is 2. The van der Waals surface area contributed by atoms with Crippen LogP contribution in [-0.2, 0) is 7.05 Å². The number of aryl methyl sites for hydroxylation is 1. The number of hydrogen-bond donors (Lipinski definition) is 0. The van der Waals surface area contributed by atoms with E-state index in [1.807, 2.05) is 11.7 Å². The Labute approximate surface area is 114 Å². The molecular weight excluding hydrogens is 234 g/mol. The van der Waals surface area contributed by atoms with E-state index in [9.17, 15) is 0 Å². The van der Waals surface area contributed by atoms with Crippen LogP contribution in [0.1, 0.15) is 43.9 Å². The highest BCUT2D eigenvalue weighted by Gasteiger charge is 2.30. The van der Waals surface area contributed by atoms with Crippen LogP contribution in [-0.4, -0.2) is 16.8 Å². The lowest BCUT2D eigenvalue weighted by molar-refractivity contribution is 0.718. The van der Waals surface area contributed by atoms with Crippen LogP contribution in [0.4, 0.5) is 5.69 Å². The first-order chi connectivity index (χ1) is 9.00. The minimum Gasteiger partial charge on any atom is -0.367 e. The van der Waals surface area contributed by atoms with E-state index < -0.39 is 0 Å². The van der Waals surface area contributed by atoms with Gasteiger partial charge in [-0.05, 0) is 18.4 Å². The summed E-state index contributed by atoms with van der Waals surface area (Å²) in [5.41, 5.74) is 6.48. The number of anilines is 1. The van der Waals surface area contributed by atoms with Crippen LogP contribution in [0.2, 0.25) is 0 Å². The summed E-state index contributed by atoms with van der Waals surface area (Å²) in [5.74, 6) is 0.523. The molecule has 0 saturated carbocycles. The smallest absolute Gasteiger partial charge is 0.0996 e. The van der Waals surface area contributed by atoms with E-state index in [0.29, 0.717) is 12.0 Å². The Kier molecular flexibility index (Phi) is 2.66. The second kappa shape index (κ2) is 4.12. The minimum atomic E-state index is 0.371. The molecular formula is C16H21N3. The van der Waals surface area contributed by atoms with Crippen LogP contribution in [0, 0.1) is 0 Å². The fourth-order valence-corrected chi connectivity index (χ4v) is 3.04. The van der Waals surface area contributed by atoms with E-state index in [1.54, 1.807) is 0 Å². The van der Waals surface area contributed by atoms with Crippen LogP contribution in [0.15, 0.2) is 24.4 Å². The van der Waals surface area contributed by atoms with E-state index >= 15 is 0 Å². The molecule has 0 aliphatic carbocycles. The van der Waals surface area contributed by atoms with Crippen molar-refractivity contribution in [3.8, 4) is 11.3 Å². The van der Waals surface area contributed by atoms with Crippen molar-refractivity contribution in [3.05, 3.63) is 35.5 Å². The zero-order valence-electron chi connectivity index (χ0n) is 12.3. The Morgan fingerprint density at radius 1 is 1.21 bits per heavy atom. The van der Waals surface area contributed by atoms with Crippen molar-refractivity contribution in [1.29, 1.82) is 0 Å². The molecule has 1 aliphatic heterocycles. The van der Waals surface area contributed by atoms with E-state index in [4.69, 9.17) is 0 Å². The third-order valence-electron chi connectivity index (χ3n) is 4.19. The largest absolute Gasteiger partial charge is 0.367 e. The van der Waals surface area contributed by atoms with Gasteiger partial charge in [0, 0.05) is 37.1 Å². The van der Waals surface area contributed by atoms with Gasteiger partial charge in [0.1, 0.15) is 0 Å². The van der Waals surface area contributed by atoms with Gasteiger partial charge in [-0.3, -0.25) is 4.68 Å². The minimum absolute atomic E-state index is 0.371. The first kappa shape index (κ1) is 12.3.